The Morgan fingerprint density at radius 2 is 1.96 bits per heavy atom. The normalized spacial score (nSPS) is 14.0. The third-order valence-corrected chi connectivity index (χ3v) is 6.36. The molecule has 4 rings (SSSR count). The first kappa shape index (κ1) is 15.9. The largest absolute Gasteiger partial charge is 0.339 e. The summed E-state index contributed by atoms with van der Waals surface area (Å²) < 4.78 is 0. The van der Waals surface area contributed by atoms with Crippen LogP contribution in [0.15, 0.2) is 23.4 Å². The van der Waals surface area contributed by atoms with Gasteiger partial charge in [-0.3, -0.25) is 0 Å². The van der Waals surface area contributed by atoms with Crippen LogP contribution in [-0.2, 0) is 12.8 Å². The van der Waals surface area contributed by atoms with Crippen molar-refractivity contribution in [2.75, 3.05) is 11.6 Å². The van der Waals surface area contributed by atoms with Crippen LogP contribution in [0.1, 0.15) is 34.4 Å². The van der Waals surface area contributed by atoms with Gasteiger partial charge in [-0.2, -0.15) is 0 Å². The highest BCUT2D eigenvalue weighted by Crippen LogP contribution is 2.40. The molecule has 0 amide bonds. The molecule has 2 heterocycles. The number of nitrogens with zero attached hydrogens (tertiary/aromatic N) is 2. The number of thioether (sulfide) groups is 1. The number of nitrogens with one attached hydrogen (secondary N) is 1. The summed E-state index contributed by atoms with van der Waals surface area (Å²) in [6.45, 7) is 4.26. The Kier molecular flexibility index (Phi) is 4.22. The molecular weight excluding hydrogens is 334 g/mol. The number of anilines is 2. The highest BCUT2D eigenvalue weighted by atomic mass is 32.2. The van der Waals surface area contributed by atoms with Crippen LogP contribution in [0, 0.1) is 13.8 Å². The lowest BCUT2D eigenvalue weighted by atomic mass is 9.97. The summed E-state index contributed by atoms with van der Waals surface area (Å²) in [5.74, 6) is 0.970. The van der Waals surface area contributed by atoms with E-state index >= 15 is 0 Å². The van der Waals surface area contributed by atoms with Gasteiger partial charge in [0.2, 0.25) is 0 Å². The van der Waals surface area contributed by atoms with Crippen LogP contribution in [0.25, 0.3) is 10.2 Å². The van der Waals surface area contributed by atoms with Crippen molar-refractivity contribution < 1.29 is 0 Å². The molecule has 124 valence electrons. The molecule has 24 heavy (non-hydrogen) atoms. The van der Waals surface area contributed by atoms with Crippen molar-refractivity contribution in [2.24, 2.45) is 0 Å². The van der Waals surface area contributed by atoms with Gasteiger partial charge in [-0.05, 0) is 68.5 Å². The van der Waals surface area contributed by atoms with Crippen molar-refractivity contribution >= 4 is 44.8 Å². The Morgan fingerprint density at radius 3 is 2.79 bits per heavy atom. The number of hydrogen-bond acceptors (Lipinski definition) is 5. The van der Waals surface area contributed by atoms with E-state index in [0.29, 0.717) is 0 Å². The zero-order valence-electron chi connectivity index (χ0n) is 14.3. The molecule has 3 nitrogen and oxygen atoms in total. The lowest BCUT2D eigenvalue weighted by Crippen LogP contribution is -2.02. The Morgan fingerprint density at radius 1 is 1.12 bits per heavy atom. The van der Waals surface area contributed by atoms with Gasteiger partial charge in [0.1, 0.15) is 10.6 Å². The van der Waals surface area contributed by atoms with E-state index in [1.807, 2.05) is 17.6 Å². The van der Waals surface area contributed by atoms with Crippen molar-refractivity contribution in [2.45, 2.75) is 44.7 Å². The monoisotopic (exact) mass is 355 g/mol. The van der Waals surface area contributed by atoms with Gasteiger partial charge < -0.3 is 5.32 Å². The van der Waals surface area contributed by atoms with Gasteiger partial charge in [0.25, 0.3) is 0 Å². The van der Waals surface area contributed by atoms with Crippen molar-refractivity contribution in [3.63, 3.8) is 0 Å². The highest BCUT2D eigenvalue weighted by molar-refractivity contribution is 7.98. The number of hydrogen-bond donors (Lipinski definition) is 1. The SMILES string of the molecule is CSc1nc(Nc2cc(C)ccc2C)c2c3c(sc2n1)CCCC3. The maximum atomic E-state index is 4.81. The van der Waals surface area contributed by atoms with E-state index in [1.54, 1.807) is 11.8 Å². The first-order valence-corrected chi connectivity index (χ1v) is 10.4. The van der Waals surface area contributed by atoms with E-state index < -0.39 is 0 Å². The molecule has 0 unspecified atom stereocenters. The minimum Gasteiger partial charge on any atom is -0.339 e. The molecule has 1 N–H and O–H groups in total. The molecule has 0 aliphatic heterocycles. The number of rotatable bonds is 3. The van der Waals surface area contributed by atoms with E-state index in [1.165, 1.54) is 46.2 Å². The van der Waals surface area contributed by atoms with Gasteiger partial charge in [-0.1, -0.05) is 23.9 Å². The third-order valence-electron chi connectivity index (χ3n) is 4.62. The van der Waals surface area contributed by atoms with Crippen molar-refractivity contribution in [1.82, 2.24) is 9.97 Å². The average molecular weight is 356 g/mol. The molecule has 0 saturated carbocycles. The van der Waals surface area contributed by atoms with E-state index in [4.69, 9.17) is 9.97 Å². The van der Waals surface area contributed by atoms with Gasteiger partial charge in [0, 0.05) is 10.6 Å². The fraction of sp³-hybridized carbons (Fsp3) is 0.368. The molecular formula is C19H21N3S2. The van der Waals surface area contributed by atoms with Gasteiger partial charge in [-0.25, -0.2) is 9.97 Å². The summed E-state index contributed by atoms with van der Waals surface area (Å²) in [5.41, 5.74) is 5.10. The minimum atomic E-state index is 0.842. The van der Waals surface area contributed by atoms with E-state index in [-0.39, 0.29) is 0 Å². The molecule has 0 atom stereocenters. The Balaban J connectivity index is 1.89. The maximum absolute atomic E-state index is 4.81. The Labute approximate surface area is 150 Å². The fourth-order valence-electron chi connectivity index (χ4n) is 3.32. The molecule has 1 aliphatic rings. The zero-order chi connectivity index (χ0) is 16.7. The minimum absolute atomic E-state index is 0.842. The zero-order valence-corrected chi connectivity index (χ0v) is 15.9. The maximum Gasteiger partial charge on any atom is 0.190 e. The van der Waals surface area contributed by atoms with E-state index in [9.17, 15) is 0 Å². The highest BCUT2D eigenvalue weighted by Gasteiger charge is 2.21. The van der Waals surface area contributed by atoms with Crippen molar-refractivity contribution in [3.8, 4) is 0 Å². The molecule has 5 heteroatoms. The molecule has 2 aromatic heterocycles. The van der Waals surface area contributed by atoms with Crippen molar-refractivity contribution in [3.05, 3.63) is 39.8 Å². The Hall–Kier alpha value is -1.59. The van der Waals surface area contributed by atoms with Crippen LogP contribution in [0.4, 0.5) is 11.5 Å². The second-order valence-corrected chi connectivity index (χ2v) is 8.25. The predicted octanol–water partition coefficient (Wildman–Crippen LogP) is 5.65. The van der Waals surface area contributed by atoms with E-state index in [2.05, 4.69) is 37.4 Å². The molecule has 0 radical (unpaired) electrons. The van der Waals surface area contributed by atoms with Gasteiger partial charge in [0.15, 0.2) is 5.16 Å². The number of aryl methyl sites for hydroxylation is 4. The average Bonchev–Trinajstić information content (AvgIpc) is 2.96. The van der Waals surface area contributed by atoms with Gasteiger partial charge >= 0.3 is 0 Å². The molecule has 0 spiro atoms. The molecule has 1 aromatic carbocycles. The molecule has 0 saturated heterocycles. The first-order chi connectivity index (χ1) is 11.7. The third kappa shape index (κ3) is 2.80. The lowest BCUT2D eigenvalue weighted by molar-refractivity contribution is 0.700. The van der Waals surface area contributed by atoms with Crippen LogP contribution < -0.4 is 5.32 Å². The van der Waals surface area contributed by atoms with Crippen LogP contribution in [0.5, 0.6) is 0 Å². The summed E-state index contributed by atoms with van der Waals surface area (Å²) in [5, 5.41) is 5.69. The van der Waals surface area contributed by atoms with Gasteiger partial charge in [-0.15, -0.1) is 11.3 Å². The summed E-state index contributed by atoms with van der Waals surface area (Å²) in [6.07, 6.45) is 6.94. The summed E-state index contributed by atoms with van der Waals surface area (Å²) in [7, 11) is 0. The van der Waals surface area contributed by atoms with Crippen LogP contribution in [-0.4, -0.2) is 16.2 Å². The lowest BCUT2D eigenvalue weighted by Gasteiger charge is -2.14. The topological polar surface area (TPSA) is 37.8 Å². The summed E-state index contributed by atoms with van der Waals surface area (Å²) in [4.78, 5) is 12.2. The first-order valence-electron chi connectivity index (χ1n) is 8.36. The number of thiophene rings is 1. The fourth-order valence-corrected chi connectivity index (χ4v) is 5.00. The second kappa shape index (κ2) is 6.37. The molecule has 1 aliphatic carbocycles. The molecule has 3 aromatic rings. The molecule has 0 bridgehead atoms. The predicted molar refractivity (Wildman–Crippen MR) is 105 cm³/mol. The summed E-state index contributed by atoms with van der Waals surface area (Å²) >= 11 is 3.46. The standard InChI is InChI=1S/C19H21N3S2/c1-11-8-9-12(2)14(10-11)20-17-16-13-6-4-5-7-15(13)24-18(16)22-19(21-17)23-3/h8-10H,4-7H2,1-3H3,(H,20,21,22). The number of fused-ring (bicyclic) bond motifs is 3. The van der Waals surface area contributed by atoms with E-state index in [0.717, 1.165) is 27.9 Å². The Bertz CT molecular complexity index is 915. The van der Waals surface area contributed by atoms with Crippen LogP contribution in [0.2, 0.25) is 0 Å². The van der Waals surface area contributed by atoms with Gasteiger partial charge in [0.05, 0.1) is 5.39 Å². The van der Waals surface area contributed by atoms with Crippen molar-refractivity contribution in [1.29, 1.82) is 0 Å². The quantitative estimate of drug-likeness (QED) is 0.486. The number of aromatic nitrogens is 2. The van der Waals surface area contributed by atoms with Crippen LogP contribution >= 0.6 is 23.1 Å². The smallest absolute Gasteiger partial charge is 0.190 e. The summed E-state index contributed by atoms with van der Waals surface area (Å²) in [6, 6.07) is 6.51. The number of benzene rings is 1. The van der Waals surface area contributed by atoms with Crippen LogP contribution in [0.3, 0.4) is 0 Å². The second-order valence-electron chi connectivity index (χ2n) is 6.39. The molecule has 0 fully saturated rings.